The van der Waals surface area contributed by atoms with Crippen LogP contribution in [0, 0.1) is 5.82 Å². The number of rotatable bonds is 2. The average molecular weight is 307 g/mol. The van der Waals surface area contributed by atoms with E-state index < -0.39 is 11.9 Å². The second-order valence-electron chi connectivity index (χ2n) is 4.76. The van der Waals surface area contributed by atoms with Gasteiger partial charge in [-0.15, -0.1) is 0 Å². The van der Waals surface area contributed by atoms with E-state index in [0.717, 1.165) is 0 Å². The van der Waals surface area contributed by atoms with Crippen LogP contribution in [-0.2, 0) is 0 Å². The highest BCUT2D eigenvalue weighted by Crippen LogP contribution is 2.38. The van der Waals surface area contributed by atoms with E-state index in [-0.39, 0.29) is 17.8 Å². The van der Waals surface area contributed by atoms with E-state index in [1.807, 2.05) is 0 Å². The van der Waals surface area contributed by atoms with E-state index in [2.05, 4.69) is 0 Å². The standard InChI is InChI=1S/C16H12ClFO3/c1-20-10-3-4-11-14(19)8-16(21-15(11)7-10)12-6-9(17)2-5-13(12)18/h2-7,16H,8H2,1H3. The van der Waals surface area contributed by atoms with Gasteiger partial charge in [0.15, 0.2) is 5.78 Å². The molecule has 1 unspecified atom stereocenters. The topological polar surface area (TPSA) is 35.5 Å². The molecule has 1 aliphatic rings. The molecule has 0 bridgehead atoms. The molecule has 0 fully saturated rings. The van der Waals surface area contributed by atoms with Gasteiger partial charge in [0.1, 0.15) is 23.4 Å². The molecule has 0 N–H and O–H groups in total. The summed E-state index contributed by atoms with van der Waals surface area (Å²) in [6, 6.07) is 9.19. The van der Waals surface area contributed by atoms with Crippen LogP contribution in [0.2, 0.25) is 5.02 Å². The molecule has 1 atom stereocenters. The van der Waals surface area contributed by atoms with Crippen molar-refractivity contribution in [2.75, 3.05) is 7.11 Å². The van der Waals surface area contributed by atoms with Gasteiger partial charge in [0, 0.05) is 16.7 Å². The fourth-order valence-corrected chi connectivity index (χ4v) is 2.55. The predicted molar refractivity (Wildman–Crippen MR) is 76.7 cm³/mol. The second-order valence-corrected chi connectivity index (χ2v) is 5.20. The smallest absolute Gasteiger partial charge is 0.170 e. The number of methoxy groups -OCH3 is 1. The van der Waals surface area contributed by atoms with E-state index in [1.165, 1.54) is 25.3 Å². The number of halogens is 2. The molecule has 0 spiro atoms. The van der Waals surface area contributed by atoms with Gasteiger partial charge < -0.3 is 9.47 Å². The first-order chi connectivity index (χ1) is 10.1. The minimum Gasteiger partial charge on any atom is -0.497 e. The monoisotopic (exact) mass is 306 g/mol. The van der Waals surface area contributed by atoms with Gasteiger partial charge >= 0.3 is 0 Å². The molecule has 108 valence electrons. The minimum absolute atomic E-state index is 0.0800. The third-order valence-corrected chi connectivity index (χ3v) is 3.67. The number of carbonyl (C=O) groups is 1. The maximum atomic E-state index is 13.9. The summed E-state index contributed by atoms with van der Waals surface area (Å²) in [4.78, 5) is 12.2. The first-order valence-corrected chi connectivity index (χ1v) is 6.79. The van der Waals surface area contributed by atoms with Crippen molar-refractivity contribution in [3.8, 4) is 11.5 Å². The molecule has 3 nitrogen and oxygen atoms in total. The summed E-state index contributed by atoms with van der Waals surface area (Å²) in [7, 11) is 1.53. The second kappa shape index (κ2) is 5.37. The average Bonchev–Trinajstić information content (AvgIpc) is 2.49. The molecule has 0 saturated carbocycles. The lowest BCUT2D eigenvalue weighted by molar-refractivity contribution is 0.0845. The first kappa shape index (κ1) is 13.9. The molecule has 0 radical (unpaired) electrons. The lowest BCUT2D eigenvalue weighted by Crippen LogP contribution is -2.21. The van der Waals surface area contributed by atoms with Crippen molar-refractivity contribution in [1.29, 1.82) is 0 Å². The Morgan fingerprint density at radius 3 is 2.86 bits per heavy atom. The maximum Gasteiger partial charge on any atom is 0.170 e. The van der Waals surface area contributed by atoms with E-state index >= 15 is 0 Å². The van der Waals surface area contributed by atoms with E-state index in [1.54, 1.807) is 18.2 Å². The Kier molecular flexibility index (Phi) is 3.55. The molecule has 2 aromatic carbocycles. The summed E-state index contributed by atoms with van der Waals surface area (Å²) >= 11 is 5.89. The van der Waals surface area contributed by atoms with Crippen molar-refractivity contribution in [2.24, 2.45) is 0 Å². The van der Waals surface area contributed by atoms with Crippen molar-refractivity contribution in [2.45, 2.75) is 12.5 Å². The third-order valence-electron chi connectivity index (χ3n) is 3.43. The number of Topliss-reactive ketones (excluding diaryl/α,β-unsaturated/α-hetero) is 1. The predicted octanol–water partition coefficient (Wildman–Crippen LogP) is 4.19. The van der Waals surface area contributed by atoms with Gasteiger partial charge in [-0.05, 0) is 30.3 Å². The number of hydrogen-bond donors (Lipinski definition) is 0. The number of benzene rings is 2. The molecule has 0 amide bonds. The summed E-state index contributed by atoms with van der Waals surface area (Å²) < 4.78 is 24.8. The van der Waals surface area contributed by atoms with Crippen molar-refractivity contribution in [1.82, 2.24) is 0 Å². The van der Waals surface area contributed by atoms with Gasteiger partial charge in [-0.2, -0.15) is 0 Å². The molecule has 1 aliphatic heterocycles. The van der Waals surface area contributed by atoms with Crippen molar-refractivity contribution in [3.63, 3.8) is 0 Å². The summed E-state index contributed by atoms with van der Waals surface area (Å²) in [5.41, 5.74) is 0.763. The summed E-state index contributed by atoms with van der Waals surface area (Å²) in [6.07, 6.45) is -0.604. The van der Waals surface area contributed by atoms with E-state index in [0.29, 0.717) is 22.1 Å². The van der Waals surface area contributed by atoms with Crippen LogP contribution in [0.25, 0.3) is 0 Å². The SMILES string of the molecule is COc1ccc2c(c1)OC(c1cc(Cl)ccc1F)CC2=O. The zero-order chi connectivity index (χ0) is 15.0. The Balaban J connectivity index is 2.01. The summed E-state index contributed by atoms with van der Waals surface area (Å²) in [5, 5.41) is 0.402. The molecule has 1 heterocycles. The Morgan fingerprint density at radius 2 is 2.10 bits per heavy atom. The molecule has 0 saturated heterocycles. The highest BCUT2D eigenvalue weighted by Gasteiger charge is 2.29. The van der Waals surface area contributed by atoms with Crippen LogP contribution in [0.5, 0.6) is 11.5 Å². The molecule has 3 rings (SSSR count). The normalized spacial score (nSPS) is 17.1. The van der Waals surface area contributed by atoms with Gasteiger partial charge in [0.05, 0.1) is 19.1 Å². The highest BCUT2D eigenvalue weighted by molar-refractivity contribution is 6.30. The minimum atomic E-state index is -0.684. The number of fused-ring (bicyclic) bond motifs is 1. The van der Waals surface area contributed by atoms with Crippen LogP contribution in [0.15, 0.2) is 36.4 Å². The summed E-state index contributed by atoms with van der Waals surface area (Å²) in [6.45, 7) is 0. The molecule has 0 aliphatic carbocycles. The first-order valence-electron chi connectivity index (χ1n) is 6.41. The molecule has 5 heteroatoms. The molecule has 0 aromatic heterocycles. The number of ether oxygens (including phenoxy) is 2. The van der Waals surface area contributed by atoms with Gasteiger partial charge in [-0.3, -0.25) is 4.79 Å². The van der Waals surface area contributed by atoms with Gasteiger partial charge in [-0.1, -0.05) is 11.6 Å². The van der Waals surface area contributed by atoms with Crippen molar-refractivity contribution in [3.05, 3.63) is 58.4 Å². The fraction of sp³-hybridized carbons (Fsp3) is 0.188. The quantitative estimate of drug-likeness (QED) is 0.834. The molecule has 21 heavy (non-hydrogen) atoms. The van der Waals surface area contributed by atoms with Crippen molar-refractivity contribution >= 4 is 17.4 Å². The van der Waals surface area contributed by atoms with Crippen LogP contribution in [0.1, 0.15) is 28.4 Å². The van der Waals surface area contributed by atoms with Gasteiger partial charge in [-0.25, -0.2) is 4.39 Å². The van der Waals surface area contributed by atoms with Gasteiger partial charge in [0.2, 0.25) is 0 Å². The molecular weight excluding hydrogens is 295 g/mol. The van der Waals surface area contributed by atoms with Crippen LogP contribution >= 0.6 is 11.6 Å². The largest absolute Gasteiger partial charge is 0.497 e. The van der Waals surface area contributed by atoms with Crippen LogP contribution in [0.3, 0.4) is 0 Å². The molecule has 2 aromatic rings. The Hall–Kier alpha value is -2.07. The van der Waals surface area contributed by atoms with Crippen molar-refractivity contribution < 1.29 is 18.7 Å². The Morgan fingerprint density at radius 1 is 1.29 bits per heavy atom. The zero-order valence-electron chi connectivity index (χ0n) is 11.2. The zero-order valence-corrected chi connectivity index (χ0v) is 12.0. The number of hydrogen-bond acceptors (Lipinski definition) is 3. The molecular formula is C16H12ClFO3. The van der Waals surface area contributed by atoms with E-state index in [4.69, 9.17) is 21.1 Å². The Bertz CT molecular complexity index is 715. The van der Waals surface area contributed by atoms with E-state index in [9.17, 15) is 9.18 Å². The highest BCUT2D eigenvalue weighted by atomic mass is 35.5. The Labute approximate surface area is 126 Å². The van der Waals surface area contributed by atoms with Crippen LogP contribution < -0.4 is 9.47 Å². The summed E-state index contributed by atoms with van der Waals surface area (Å²) in [5.74, 6) is 0.440. The van der Waals surface area contributed by atoms with Gasteiger partial charge in [0.25, 0.3) is 0 Å². The third kappa shape index (κ3) is 2.59. The lowest BCUT2D eigenvalue weighted by Gasteiger charge is -2.26. The lowest BCUT2D eigenvalue weighted by atomic mass is 9.96. The fourth-order valence-electron chi connectivity index (χ4n) is 2.37. The van der Waals surface area contributed by atoms with Crippen LogP contribution in [0.4, 0.5) is 4.39 Å². The maximum absolute atomic E-state index is 13.9. The number of carbonyl (C=O) groups excluding carboxylic acids is 1. The number of ketones is 1. The van der Waals surface area contributed by atoms with Crippen LogP contribution in [-0.4, -0.2) is 12.9 Å².